The van der Waals surface area contributed by atoms with Crippen molar-refractivity contribution in [3.05, 3.63) is 65.4 Å². The van der Waals surface area contributed by atoms with E-state index >= 15 is 0 Å². The van der Waals surface area contributed by atoms with E-state index in [-0.39, 0.29) is 0 Å². The molecule has 0 aliphatic heterocycles. The van der Waals surface area contributed by atoms with Gasteiger partial charge in [-0.3, -0.25) is 0 Å². The van der Waals surface area contributed by atoms with Crippen LogP contribution in [0.1, 0.15) is 47.3 Å². The third kappa shape index (κ3) is 3.62. The number of carboxylic acids is 1. The number of nitrogens with zero attached hydrogens (tertiary/aromatic N) is 1. The summed E-state index contributed by atoms with van der Waals surface area (Å²) in [5, 5.41) is 14.6. The summed E-state index contributed by atoms with van der Waals surface area (Å²) in [5.41, 5.74) is 3.20. The second-order valence-electron chi connectivity index (χ2n) is 7.45. The number of aromatic nitrogens is 1. The number of aromatic carboxylic acids is 1. The molecule has 1 aliphatic rings. The molecule has 1 aliphatic carbocycles. The molecule has 0 amide bonds. The van der Waals surface area contributed by atoms with Crippen LogP contribution >= 0.6 is 0 Å². The van der Waals surface area contributed by atoms with Crippen molar-refractivity contribution in [2.75, 3.05) is 7.11 Å². The van der Waals surface area contributed by atoms with Crippen molar-refractivity contribution in [3.8, 4) is 5.75 Å². The van der Waals surface area contributed by atoms with Gasteiger partial charge in [-0.15, -0.1) is 0 Å². The molecule has 0 radical (unpaired) electrons. The lowest BCUT2D eigenvalue weighted by molar-refractivity contribution is 0.0684. The minimum atomic E-state index is -0.887. The molecule has 0 atom stereocenters. The summed E-state index contributed by atoms with van der Waals surface area (Å²) >= 11 is 0. The van der Waals surface area contributed by atoms with Crippen LogP contribution in [0, 0.1) is 0 Å². The highest BCUT2D eigenvalue weighted by Crippen LogP contribution is 2.29. The number of carboxylic acid groups (broad SMARTS) is 1. The van der Waals surface area contributed by atoms with Crippen LogP contribution in [-0.4, -0.2) is 28.8 Å². The minimum Gasteiger partial charge on any atom is -0.497 e. The number of carbonyl (C=O) groups is 1. The Bertz CT molecular complexity index is 987. The van der Waals surface area contributed by atoms with E-state index in [2.05, 4.69) is 5.32 Å². The Morgan fingerprint density at radius 3 is 2.71 bits per heavy atom. The average Bonchev–Trinajstić information content (AvgIpc) is 3.33. The Kier molecular flexibility index (Phi) is 5.35. The molecule has 146 valence electrons. The number of hydrogen-bond acceptors (Lipinski definition) is 3. The molecule has 3 aromatic rings. The SMILES string of the molecule is COc1cccc(Cn2c(C(=O)O)c(CNC3CCCC3)c3ccccc32)c1. The number of methoxy groups -OCH3 is 1. The van der Waals surface area contributed by atoms with Crippen LogP contribution in [0.4, 0.5) is 0 Å². The molecule has 0 unspecified atom stereocenters. The van der Waals surface area contributed by atoms with Gasteiger partial charge in [-0.1, -0.05) is 43.2 Å². The predicted octanol–water partition coefficient (Wildman–Crippen LogP) is 4.43. The molecule has 1 aromatic heterocycles. The number of nitrogens with one attached hydrogen (secondary N) is 1. The van der Waals surface area contributed by atoms with E-state index in [1.807, 2.05) is 53.1 Å². The normalized spacial score (nSPS) is 14.6. The first-order valence-corrected chi connectivity index (χ1v) is 9.87. The maximum Gasteiger partial charge on any atom is 0.352 e. The first-order valence-electron chi connectivity index (χ1n) is 9.87. The Morgan fingerprint density at radius 1 is 1.18 bits per heavy atom. The van der Waals surface area contributed by atoms with Crippen molar-refractivity contribution in [2.45, 2.75) is 44.8 Å². The van der Waals surface area contributed by atoms with E-state index in [1.54, 1.807) is 7.11 Å². The second kappa shape index (κ2) is 8.07. The number of fused-ring (bicyclic) bond motifs is 1. The standard InChI is InChI=1S/C23H26N2O3/c1-28-18-10-6-7-16(13-18)15-25-21-12-5-4-11-19(21)20(22(25)23(26)27)14-24-17-8-2-3-9-17/h4-7,10-13,17,24H,2-3,8-9,14-15H2,1H3,(H,26,27). The Morgan fingerprint density at radius 2 is 1.96 bits per heavy atom. The molecule has 0 spiro atoms. The maximum absolute atomic E-state index is 12.2. The summed E-state index contributed by atoms with van der Waals surface area (Å²) in [5.74, 6) is -0.115. The van der Waals surface area contributed by atoms with E-state index in [0.29, 0.717) is 24.8 Å². The van der Waals surface area contributed by atoms with Gasteiger partial charge in [0.25, 0.3) is 0 Å². The molecule has 4 rings (SSSR count). The predicted molar refractivity (Wildman–Crippen MR) is 110 cm³/mol. The second-order valence-corrected chi connectivity index (χ2v) is 7.45. The first-order chi connectivity index (χ1) is 13.7. The number of ether oxygens (including phenoxy) is 1. The van der Waals surface area contributed by atoms with Gasteiger partial charge in [-0.25, -0.2) is 4.79 Å². The zero-order valence-corrected chi connectivity index (χ0v) is 16.1. The van der Waals surface area contributed by atoms with Crippen molar-refractivity contribution in [1.82, 2.24) is 9.88 Å². The van der Waals surface area contributed by atoms with Crippen LogP contribution in [0.5, 0.6) is 5.75 Å². The molecule has 0 saturated heterocycles. The lowest BCUT2D eigenvalue weighted by atomic mass is 10.1. The smallest absolute Gasteiger partial charge is 0.352 e. The van der Waals surface area contributed by atoms with Crippen molar-refractivity contribution in [1.29, 1.82) is 0 Å². The van der Waals surface area contributed by atoms with Crippen LogP contribution in [0.15, 0.2) is 48.5 Å². The highest BCUT2D eigenvalue weighted by Gasteiger charge is 2.23. The molecule has 2 N–H and O–H groups in total. The number of rotatable bonds is 7. The summed E-state index contributed by atoms with van der Waals surface area (Å²) in [6.45, 7) is 1.07. The highest BCUT2D eigenvalue weighted by atomic mass is 16.5. The summed E-state index contributed by atoms with van der Waals surface area (Å²) < 4.78 is 7.24. The lowest BCUT2D eigenvalue weighted by Gasteiger charge is -2.13. The van der Waals surface area contributed by atoms with Crippen molar-refractivity contribution >= 4 is 16.9 Å². The van der Waals surface area contributed by atoms with E-state index in [1.165, 1.54) is 25.7 Å². The number of para-hydroxylation sites is 1. The fourth-order valence-corrected chi connectivity index (χ4v) is 4.29. The number of hydrogen-bond donors (Lipinski definition) is 2. The van der Waals surface area contributed by atoms with Gasteiger partial charge in [0.2, 0.25) is 0 Å². The minimum absolute atomic E-state index is 0.370. The molecule has 28 heavy (non-hydrogen) atoms. The zero-order valence-electron chi connectivity index (χ0n) is 16.1. The average molecular weight is 378 g/mol. The quantitative estimate of drug-likeness (QED) is 0.638. The summed E-state index contributed by atoms with van der Waals surface area (Å²) in [6.07, 6.45) is 4.85. The molecular weight excluding hydrogens is 352 g/mol. The van der Waals surface area contributed by atoms with Crippen LogP contribution in [0.3, 0.4) is 0 Å². The fraction of sp³-hybridized carbons (Fsp3) is 0.348. The van der Waals surface area contributed by atoms with Gasteiger partial charge in [0.15, 0.2) is 0 Å². The third-order valence-electron chi connectivity index (χ3n) is 5.68. The van der Waals surface area contributed by atoms with E-state index in [4.69, 9.17) is 4.74 Å². The molecule has 2 aromatic carbocycles. The van der Waals surface area contributed by atoms with E-state index < -0.39 is 5.97 Å². The van der Waals surface area contributed by atoms with Crippen molar-refractivity contribution in [2.24, 2.45) is 0 Å². The summed E-state index contributed by atoms with van der Waals surface area (Å²) in [7, 11) is 1.64. The van der Waals surface area contributed by atoms with E-state index in [9.17, 15) is 9.90 Å². The van der Waals surface area contributed by atoms with Gasteiger partial charge in [0, 0.05) is 35.6 Å². The van der Waals surface area contributed by atoms with Gasteiger partial charge < -0.3 is 19.7 Å². The van der Waals surface area contributed by atoms with Crippen molar-refractivity contribution < 1.29 is 14.6 Å². The largest absolute Gasteiger partial charge is 0.497 e. The monoisotopic (exact) mass is 378 g/mol. The van der Waals surface area contributed by atoms with Crippen LogP contribution in [0.25, 0.3) is 10.9 Å². The first kappa shape index (κ1) is 18.6. The molecule has 1 saturated carbocycles. The van der Waals surface area contributed by atoms with E-state index in [0.717, 1.165) is 27.8 Å². The Labute approximate surface area is 164 Å². The molecular formula is C23H26N2O3. The summed E-state index contributed by atoms with van der Waals surface area (Å²) in [6, 6.07) is 16.2. The molecule has 5 heteroatoms. The van der Waals surface area contributed by atoms with Crippen LogP contribution in [0.2, 0.25) is 0 Å². The summed E-state index contributed by atoms with van der Waals surface area (Å²) in [4.78, 5) is 12.2. The highest BCUT2D eigenvalue weighted by molar-refractivity contribution is 5.98. The zero-order chi connectivity index (χ0) is 19.5. The van der Waals surface area contributed by atoms with Gasteiger partial charge in [0.1, 0.15) is 11.4 Å². The van der Waals surface area contributed by atoms with Crippen LogP contribution < -0.4 is 10.1 Å². The van der Waals surface area contributed by atoms with Gasteiger partial charge in [-0.2, -0.15) is 0 Å². The molecule has 0 bridgehead atoms. The fourth-order valence-electron chi connectivity index (χ4n) is 4.29. The Hall–Kier alpha value is -2.79. The van der Waals surface area contributed by atoms with Gasteiger partial charge >= 0.3 is 5.97 Å². The molecule has 5 nitrogen and oxygen atoms in total. The van der Waals surface area contributed by atoms with Gasteiger partial charge in [0.05, 0.1) is 7.11 Å². The molecule has 1 heterocycles. The third-order valence-corrected chi connectivity index (χ3v) is 5.68. The van der Waals surface area contributed by atoms with Crippen molar-refractivity contribution in [3.63, 3.8) is 0 Å². The Balaban J connectivity index is 1.75. The maximum atomic E-state index is 12.2. The van der Waals surface area contributed by atoms with Crippen LogP contribution in [-0.2, 0) is 13.1 Å². The molecule has 1 fully saturated rings. The number of benzene rings is 2. The topological polar surface area (TPSA) is 63.5 Å². The lowest BCUT2D eigenvalue weighted by Crippen LogP contribution is -2.26. The van der Waals surface area contributed by atoms with Gasteiger partial charge in [-0.05, 0) is 36.6 Å².